The van der Waals surface area contributed by atoms with E-state index in [-0.39, 0.29) is 42.3 Å². The van der Waals surface area contributed by atoms with E-state index in [0.717, 1.165) is 5.56 Å². The number of carbonyl (C=O) groups excluding carboxylic acids is 4. The van der Waals surface area contributed by atoms with Gasteiger partial charge in [-0.05, 0) is 80.5 Å². The van der Waals surface area contributed by atoms with Crippen molar-refractivity contribution in [3.63, 3.8) is 0 Å². The molecule has 2 aromatic carbocycles. The molecule has 0 aliphatic carbocycles. The zero-order valence-corrected chi connectivity index (χ0v) is 25.9. The molecule has 1 aromatic heterocycles. The standard InChI is InChI=1S/C33H37ClFN5O4/c1-19(2)28-17-39(32(43)24-14-20(3)37-27-11-9-22(34)16-23(24)27)18-30(41)36-12-4-6-21-8-10-26(35)25(15-21)33(44)40-13-5-7-29(40)31(42)38-28/h8-11,14-16,19,28-29H,4-7,12-13,17-18H2,1-3H3,(H,36,41)(H,38,42)/t28-,29-/m0/s1. The second-order valence-electron chi connectivity index (χ2n) is 11.9. The van der Waals surface area contributed by atoms with Crippen molar-refractivity contribution in [2.24, 2.45) is 5.92 Å². The van der Waals surface area contributed by atoms with E-state index in [9.17, 15) is 23.6 Å². The number of hydrogen-bond donors (Lipinski definition) is 2. The van der Waals surface area contributed by atoms with Gasteiger partial charge in [0.25, 0.3) is 11.8 Å². The number of aromatic nitrogens is 1. The highest BCUT2D eigenvalue weighted by atomic mass is 35.5. The molecule has 2 bridgehead atoms. The lowest BCUT2D eigenvalue weighted by Gasteiger charge is -2.32. The molecule has 3 heterocycles. The van der Waals surface area contributed by atoms with Crippen LogP contribution in [0.25, 0.3) is 10.9 Å². The molecule has 1 fully saturated rings. The maximum atomic E-state index is 14.8. The summed E-state index contributed by atoms with van der Waals surface area (Å²) in [6, 6.07) is 9.94. The third-order valence-electron chi connectivity index (χ3n) is 8.34. The number of nitrogens with zero attached hydrogens (tertiary/aromatic N) is 3. The second kappa shape index (κ2) is 13.3. The fourth-order valence-electron chi connectivity index (χ4n) is 5.91. The fourth-order valence-corrected chi connectivity index (χ4v) is 6.09. The van der Waals surface area contributed by atoms with Crippen LogP contribution in [0.1, 0.15) is 65.1 Å². The smallest absolute Gasteiger partial charge is 0.257 e. The third kappa shape index (κ3) is 6.85. The summed E-state index contributed by atoms with van der Waals surface area (Å²) >= 11 is 6.28. The average molecular weight is 622 g/mol. The topological polar surface area (TPSA) is 112 Å². The lowest BCUT2D eigenvalue weighted by atomic mass is 10.0. The Labute approximate surface area is 261 Å². The number of nitrogens with one attached hydrogen (secondary N) is 2. The van der Waals surface area contributed by atoms with Crippen LogP contribution < -0.4 is 10.6 Å². The molecule has 2 aliphatic heterocycles. The third-order valence-corrected chi connectivity index (χ3v) is 8.58. The molecule has 2 atom stereocenters. The van der Waals surface area contributed by atoms with E-state index in [1.165, 1.54) is 21.9 Å². The number of rotatable bonds is 2. The van der Waals surface area contributed by atoms with Gasteiger partial charge in [-0.1, -0.05) is 31.5 Å². The summed E-state index contributed by atoms with van der Waals surface area (Å²) in [7, 11) is 0. The number of fused-ring (bicyclic) bond motifs is 4. The van der Waals surface area contributed by atoms with Crippen molar-refractivity contribution in [2.75, 3.05) is 26.2 Å². The van der Waals surface area contributed by atoms with E-state index < -0.39 is 23.8 Å². The molecule has 0 radical (unpaired) electrons. The van der Waals surface area contributed by atoms with Crippen LogP contribution in [0.2, 0.25) is 5.02 Å². The predicted molar refractivity (Wildman–Crippen MR) is 166 cm³/mol. The van der Waals surface area contributed by atoms with Crippen molar-refractivity contribution < 1.29 is 23.6 Å². The molecule has 3 aromatic rings. The van der Waals surface area contributed by atoms with Gasteiger partial charge in [-0.15, -0.1) is 0 Å². The van der Waals surface area contributed by atoms with Crippen molar-refractivity contribution in [1.82, 2.24) is 25.4 Å². The van der Waals surface area contributed by atoms with Gasteiger partial charge in [0.05, 0.1) is 23.2 Å². The van der Waals surface area contributed by atoms with E-state index in [4.69, 9.17) is 11.6 Å². The lowest BCUT2D eigenvalue weighted by Crippen LogP contribution is -2.54. The van der Waals surface area contributed by atoms with Gasteiger partial charge in [0.2, 0.25) is 11.8 Å². The summed E-state index contributed by atoms with van der Waals surface area (Å²) in [6.07, 6.45) is 2.11. The van der Waals surface area contributed by atoms with Crippen LogP contribution in [0, 0.1) is 18.7 Å². The van der Waals surface area contributed by atoms with E-state index >= 15 is 0 Å². The highest BCUT2D eigenvalue weighted by Crippen LogP contribution is 2.26. The fraction of sp³-hybridized carbons (Fsp3) is 0.424. The summed E-state index contributed by atoms with van der Waals surface area (Å²) in [5.41, 5.74) is 2.29. The molecule has 5 rings (SSSR count). The molecule has 2 aliphatic rings. The van der Waals surface area contributed by atoms with Crippen molar-refractivity contribution in [3.8, 4) is 0 Å². The molecule has 44 heavy (non-hydrogen) atoms. The maximum Gasteiger partial charge on any atom is 0.257 e. The SMILES string of the molecule is Cc1cc(C(=O)N2CC(=O)NCCCc3ccc(F)c(c3)C(=O)N3CCC[C@H]3C(=O)N[C@H](C(C)C)C2)c2cc(Cl)ccc2n1. The number of aryl methyl sites for hydroxylation is 2. The van der Waals surface area contributed by atoms with Crippen molar-refractivity contribution >= 4 is 46.1 Å². The molecule has 1 saturated heterocycles. The Kier molecular flexibility index (Phi) is 9.48. The van der Waals surface area contributed by atoms with Crippen LogP contribution >= 0.6 is 11.6 Å². The quantitative estimate of drug-likeness (QED) is 0.444. The van der Waals surface area contributed by atoms with Gasteiger partial charge < -0.3 is 20.4 Å². The normalized spacial score (nSPS) is 20.4. The Morgan fingerprint density at radius 2 is 1.89 bits per heavy atom. The molecule has 232 valence electrons. The van der Waals surface area contributed by atoms with Crippen molar-refractivity contribution in [3.05, 3.63) is 75.7 Å². The number of benzene rings is 2. The van der Waals surface area contributed by atoms with Crippen LogP contribution in [0.5, 0.6) is 0 Å². The zero-order valence-electron chi connectivity index (χ0n) is 25.2. The first-order valence-electron chi connectivity index (χ1n) is 15.0. The van der Waals surface area contributed by atoms with Crippen molar-refractivity contribution in [1.29, 1.82) is 0 Å². The van der Waals surface area contributed by atoms with Gasteiger partial charge in [-0.3, -0.25) is 24.2 Å². The Bertz CT molecular complexity index is 1610. The number of amides is 4. The maximum absolute atomic E-state index is 14.8. The summed E-state index contributed by atoms with van der Waals surface area (Å²) < 4.78 is 14.8. The zero-order chi connectivity index (χ0) is 31.5. The van der Waals surface area contributed by atoms with E-state index in [1.54, 1.807) is 37.3 Å². The molecule has 11 heteroatoms. The molecular weight excluding hydrogens is 585 g/mol. The van der Waals surface area contributed by atoms with E-state index in [2.05, 4.69) is 15.6 Å². The van der Waals surface area contributed by atoms with Crippen LogP contribution in [-0.4, -0.2) is 76.7 Å². The first kappa shape index (κ1) is 31.4. The highest BCUT2D eigenvalue weighted by Gasteiger charge is 2.37. The minimum absolute atomic E-state index is 0.0508. The minimum Gasteiger partial charge on any atom is -0.355 e. The van der Waals surface area contributed by atoms with Crippen molar-refractivity contribution in [2.45, 2.75) is 58.5 Å². The molecule has 0 spiro atoms. The van der Waals surface area contributed by atoms with Gasteiger partial charge in [0.15, 0.2) is 0 Å². The average Bonchev–Trinajstić information content (AvgIpc) is 3.48. The molecule has 0 unspecified atom stereocenters. The van der Waals surface area contributed by atoms with Gasteiger partial charge in [0.1, 0.15) is 11.9 Å². The van der Waals surface area contributed by atoms with Gasteiger partial charge in [-0.2, -0.15) is 0 Å². The Morgan fingerprint density at radius 3 is 2.66 bits per heavy atom. The molecule has 9 nitrogen and oxygen atoms in total. The first-order chi connectivity index (χ1) is 21.0. The van der Waals surface area contributed by atoms with Crippen LogP contribution in [-0.2, 0) is 16.0 Å². The largest absolute Gasteiger partial charge is 0.355 e. The number of hydrogen-bond acceptors (Lipinski definition) is 5. The van der Waals surface area contributed by atoms with Gasteiger partial charge in [0, 0.05) is 41.8 Å². The van der Waals surface area contributed by atoms with Crippen LogP contribution in [0.4, 0.5) is 4.39 Å². The minimum atomic E-state index is -0.774. The number of carbonyl (C=O) groups is 4. The van der Waals surface area contributed by atoms with Gasteiger partial charge in [-0.25, -0.2) is 4.39 Å². The summed E-state index contributed by atoms with van der Waals surface area (Å²) in [4.78, 5) is 62.0. The highest BCUT2D eigenvalue weighted by molar-refractivity contribution is 6.31. The monoisotopic (exact) mass is 621 g/mol. The Morgan fingerprint density at radius 1 is 1.09 bits per heavy atom. The van der Waals surface area contributed by atoms with Crippen LogP contribution in [0.3, 0.4) is 0 Å². The number of halogens is 2. The second-order valence-corrected chi connectivity index (χ2v) is 12.4. The first-order valence-corrected chi connectivity index (χ1v) is 15.4. The summed E-state index contributed by atoms with van der Waals surface area (Å²) in [5.74, 6) is -2.38. The predicted octanol–water partition coefficient (Wildman–Crippen LogP) is 4.29. The molecule has 2 N–H and O–H groups in total. The lowest BCUT2D eigenvalue weighted by molar-refractivity contribution is -0.126. The molecular formula is C33H37ClFN5O4. The summed E-state index contributed by atoms with van der Waals surface area (Å²) in [5, 5.41) is 6.95. The number of pyridine rings is 1. The summed E-state index contributed by atoms with van der Waals surface area (Å²) in [6.45, 7) is 6.12. The van der Waals surface area contributed by atoms with E-state index in [0.29, 0.717) is 66.0 Å². The van der Waals surface area contributed by atoms with Crippen LogP contribution in [0.15, 0.2) is 42.5 Å². The molecule has 4 amide bonds. The Balaban J connectivity index is 1.50. The molecule has 0 saturated carbocycles. The van der Waals surface area contributed by atoms with Gasteiger partial charge >= 0.3 is 0 Å². The Hall–Kier alpha value is -4.05. The van der Waals surface area contributed by atoms with E-state index in [1.807, 2.05) is 13.8 Å².